The van der Waals surface area contributed by atoms with Crippen LogP contribution in [-0.4, -0.2) is 110 Å². The van der Waals surface area contributed by atoms with Crippen LogP contribution < -0.4 is 0 Å². The van der Waals surface area contributed by atoms with Crippen molar-refractivity contribution >= 4 is 12.0 Å². The lowest BCUT2D eigenvalue weighted by Crippen LogP contribution is -2.59. The van der Waals surface area contributed by atoms with Gasteiger partial charge in [-0.2, -0.15) is 0 Å². The summed E-state index contributed by atoms with van der Waals surface area (Å²) in [6.07, 6.45) is -7.83. The summed E-state index contributed by atoms with van der Waals surface area (Å²) in [7, 11) is 0. The molecule has 40 heavy (non-hydrogen) atoms. The van der Waals surface area contributed by atoms with Crippen molar-refractivity contribution in [1.82, 2.24) is 0 Å². The van der Waals surface area contributed by atoms with Gasteiger partial charge in [-0.1, -0.05) is 36.4 Å². The summed E-state index contributed by atoms with van der Waals surface area (Å²) in [5.74, 6) is -1.54. The van der Waals surface area contributed by atoms with Gasteiger partial charge in [0.05, 0.1) is 19.8 Å². The highest BCUT2D eigenvalue weighted by Gasteiger charge is 2.51. The number of phenols is 2. The number of aliphatic hydroxyl groups excluding tert-OH is 4. The number of hydrogen-bond donors (Lipinski definition) is 7. The SMILES string of the molecule is O=C(/C=C/c1ccc(O)c(O)c1)OC[C@@]1(O)CO[C@@H](OC[C@H]2O[C@@H](OCc3ccccc3)[C@H](O)[C@@H](O)[C@H]2O)[C@@H]1O. The third-order valence-electron chi connectivity index (χ3n) is 6.53. The number of hydrogen-bond acceptors (Lipinski definition) is 13. The average Bonchev–Trinajstić information content (AvgIpc) is 3.24. The van der Waals surface area contributed by atoms with Crippen LogP contribution in [0, 0.1) is 0 Å². The van der Waals surface area contributed by atoms with Gasteiger partial charge in [-0.25, -0.2) is 4.79 Å². The molecule has 2 saturated heterocycles. The van der Waals surface area contributed by atoms with Gasteiger partial charge in [0, 0.05) is 6.08 Å². The quantitative estimate of drug-likeness (QED) is 0.107. The Morgan fingerprint density at radius 1 is 0.950 bits per heavy atom. The van der Waals surface area contributed by atoms with Crippen molar-refractivity contribution in [3.63, 3.8) is 0 Å². The van der Waals surface area contributed by atoms with E-state index in [9.17, 15) is 40.5 Å². The van der Waals surface area contributed by atoms with Crippen molar-refractivity contribution in [2.75, 3.05) is 19.8 Å². The molecule has 2 fully saturated rings. The Labute approximate surface area is 229 Å². The second-order valence-electron chi connectivity index (χ2n) is 9.56. The van der Waals surface area contributed by atoms with Crippen molar-refractivity contribution in [2.24, 2.45) is 0 Å². The lowest BCUT2D eigenvalue weighted by Gasteiger charge is -2.40. The van der Waals surface area contributed by atoms with E-state index in [-0.39, 0.29) is 18.1 Å². The number of phenolic OH excluding ortho intramolecular Hbond substituents is 2. The zero-order valence-electron chi connectivity index (χ0n) is 21.2. The summed E-state index contributed by atoms with van der Waals surface area (Å²) in [4.78, 5) is 12.1. The first kappa shape index (κ1) is 29.9. The molecule has 2 aromatic carbocycles. The van der Waals surface area contributed by atoms with Gasteiger partial charge in [0.15, 0.2) is 29.7 Å². The smallest absolute Gasteiger partial charge is 0.330 e. The molecule has 218 valence electrons. The first-order valence-electron chi connectivity index (χ1n) is 12.4. The minimum Gasteiger partial charge on any atom is -0.504 e. The predicted octanol–water partition coefficient (Wildman–Crippen LogP) is -0.857. The maximum absolute atomic E-state index is 12.1. The molecule has 0 bridgehead atoms. The van der Waals surface area contributed by atoms with Gasteiger partial charge >= 0.3 is 5.97 Å². The highest BCUT2D eigenvalue weighted by Crippen LogP contribution is 2.29. The molecule has 2 aromatic rings. The average molecular weight is 565 g/mol. The molecule has 0 saturated carbocycles. The van der Waals surface area contributed by atoms with Crippen molar-refractivity contribution in [1.29, 1.82) is 0 Å². The Kier molecular flexibility index (Phi) is 9.73. The van der Waals surface area contributed by atoms with Gasteiger partial charge in [-0.15, -0.1) is 0 Å². The summed E-state index contributed by atoms with van der Waals surface area (Å²) >= 11 is 0. The van der Waals surface area contributed by atoms with E-state index in [1.807, 2.05) is 18.2 Å². The van der Waals surface area contributed by atoms with Crippen LogP contribution in [0.15, 0.2) is 54.6 Å². The second-order valence-corrected chi connectivity index (χ2v) is 9.56. The number of ether oxygens (including phenoxy) is 5. The lowest BCUT2D eigenvalue weighted by molar-refractivity contribution is -0.312. The summed E-state index contributed by atoms with van der Waals surface area (Å²) in [5.41, 5.74) is -0.806. The van der Waals surface area contributed by atoms with Crippen LogP contribution >= 0.6 is 0 Å². The molecule has 7 N–H and O–H groups in total. The van der Waals surface area contributed by atoms with Crippen molar-refractivity contribution in [3.05, 3.63) is 65.7 Å². The molecule has 2 aliphatic rings. The summed E-state index contributed by atoms with van der Waals surface area (Å²) in [6, 6.07) is 13.0. The zero-order valence-corrected chi connectivity index (χ0v) is 21.2. The minimum atomic E-state index is -2.01. The van der Waals surface area contributed by atoms with E-state index < -0.39 is 74.5 Å². The molecule has 0 spiro atoms. The fourth-order valence-electron chi connectivity index (χ4n) is 4.11. The van der Waals surface area contributed by atoms with Crippen LogP contribution in [0.2, 0.25) is 0 Å². The van der Waals surface area contributed by atoms with E-state index in [1.54, 1.807) is 12.1 Å². The van der Waals surface area contributed by atoms with E-state index in [2.05, 4.69) is 0 Å². The van der Waals surface area contributed by atoms with Crippen molar-refractivity contribution in [2.45, 2.75) is 55.3 Å². The van der Waals surface area contributed by atoms with Gasteiger partial charge in [-0.05, 0) is 29.3 Å². The fourth-order valence-corrected chi connectivity index (χ4v) is 4.11. The Morgan fingerprint density at radius 3 is 2.42 bits per heavy atom. The number of carbonyl (C=O) groups excluding carboxylic acids is 1. The summed E-state index contributed by atoms with van der Waals surface area (Å²) < 4.78 is 27.0. The molecule has 8 atom stereocenters. The zero-order chi connectivity index (χ0) is 28.9. The van der Waals surface area contributed by atoms with Crippen LogP contribution in [0.3, 0.4) is 0 Å². The molecular weight excluding hydrogens is 532 g/mol. The molecular formula is C27H32O13. The van der Waals surface area contributed by atoms with E-state index in [0.717, 1.165) is 11.6 Å². The van der Waals surface area contributed by atoms with Gasteiger partial charge in [0.1, 0.15) is 37.1 Å². The van der Waals surface area contributed by atoms with E-state index in [4.69, 9.17) is 23.7 Å². The summed E-state index contributed by atoms with van der Waals surface area (Å²) in [5, 5.41) is 71.0. The standard InChI is InChI=1S/C27H32O13/c28-17-8-6-15(10-18(17)29)7-9-20(30)38-13-27(35)14-39-26(24(27)34)37-12-19-21(31)22(32)23(33)25(40-19)36-11-16-4-2-1-3-5-16/h1-10,19,21-26,28-29,31-35H,11-14H2/b9-7+/t19-,21+,22+,23-,24+,25-,26-,27-/m1/s1. The van der Waals surface area contributed by atoms with Gasteiger partial charge in [0.25, 0.3) is 0 Å². The van der Waals surface area contributed by atoms with Crippen LogP contribution in [-0.2, 0) is 35.1 Å². The fraction of sp³-hybridized carbons (Fsp3) is 0.444. The molecule has 0 aliphatic carbocycles. The van der Waals surface area contributed by atoms with Crippen LogP contribution in [0.1, 0.15) is 11.1 Å². The maximum atomic E-state index is 12.1. The van der Waals surface area contributed by atoms with Gasteiger partial charge in [-0.3, -0.25) is 0 Å². The van der Waals surface area contributed by atoms with Crippen LogP contribution in [0.25, 0.3) is 6.08 Å². The van der Waals surface area contributed by atoms with Gasteiger partial charge in [0.2, 0.25) is 0 Å². The van der Waals surface area contributed by atoms with Crippen LogP contribution in [0.5, 0.6) is 11.5 Å². The molecule has 13 heteroatoms. The second kappa shape index (κ2) is 13.0. The molecule has 4 rings (SSSR count). The molecule has 0 amide bonds. The molecule has 0 radical (unpaired) electrons. The highest BCUT2D eigenvalue weighted by molar-refractivity contribution is 5.87. The first-order valence-corrected chi connectivity index (χ1v) is 12.4. The first-order chi connectivity index (χ1) is 19.1. The largest absolute Gasteiger partial charge is 0.504 e. The third-order valence-corrected chi connectivity index (χ3v) is 6.53. The van der Waals surface area contributed by atoms with E-state index >= 15 is 0 Å². The Hall–Kier alpha value is -3.11. The topological polar surface area (TPSA) is 205 Å². The number of rotatable bonds is 10. The number of carbonyl (C=O) groups is 1. The molecule has 2 aliphatic heterocycles. The molecule has 0 unspecified atom stereocenters. The maximum Gasteiger partial charge on any atom is 0.330 e. The van der Waals surface area contributed by atoms with Crippen LogP contribution in [0.4, 0.5) is 0 Å². The summed E-state index contributed by atoms with van der Waals surface area (Å²) in [6.45, 7) is -1.42. The normalized spacial score (nSPS) is 32.4. The highest BCUT2D eigenvalue weighted by atomic mass is 16.7. The number of esters is 1. The number of aromatic hydroxyl groups is 2. The van der Waals surface area contributed by atoms with E-state index in [1.165, 1.54) is 24.3 Å². The van der Waals surface area contributed by atoms with E-state index in [0.29, 0.717) is 5.56 Å². The van der Waals surface area contributed by atoms with Crippen molar-refractivity contribution in [3.8, 4) is 11.5 Å². The number of aliphatic hydroxyl groups is 5. The Morgan fingerprint density at radius 2 is 1.70 bits per heavy atom. The third kappa shape index (κ3) is 7.14. The monoisotopic (exact) mass is 564 g/mol. The van der Waals surface area contributed by atoms with Gasteiger partial charge < -0.3 is 59.4 Å². The lowest BCUT2D eigenvalue weighted by atomic mass is 9.99. The molecule has 0 aromatic heterocycles. The number of benzene rings is 2. The van der Waals surface area contributed by atoms with Crippen molar-refractivity contribution < 1.29 is 64.2 Å². The Bertz CT molecular complexity index is 1160. The predicted molar refractivity (Wildman–Crippen MR) is 134 cm³/mol. The molecule has 2 heterocycles. The minimum absolute atomic E-state index is 0.0712. The Balaban J connectivity index is 1.26. The molecule has 13 nitrogen and oxygen atoms in total.